The summed E-state index contributed by atoms with van der Waals surface area (Å²) in [4.78, 5) is 3.92. The van der Waals surface area contributed by atoms with E-state index in [1.807, 2.05) is 0 Å². The number of nitrogens with zero attached hydrogens (tertiary/aromatic N) is 1. The van der Waals surface area contributed by atoms with Crippen molar-refractivity contribution in [2.24, 2.45) is 5.84 Å². The molecule has 1 unspecified atom stereocenters. The second-order valence-corrected chi connectivity index (χ2v) is 4.09. The molecule has 0 aliphatic rings. The average Bonchev–Trinajstić information content (AvgIpc) is 2.34. The van der Waals surface area contributed by atoms with Gasteiger partial charge in [0.15, 0.2) is 0 Å². The number of ether oxygens (including phenoxy) is 1. The second-order valence-electron chi connectivity index (χ2n) is 4.09. The number of aromatic nitrogens is 1. The fourth-order valence-electron chi connectivity index (χ4n) is 1.39. The van der Waals surface area contributed by atoms with Crippen LogP contribution in [-0.4, -0.2) is 30.5 Å². The van der Waals surface area contributed by atoms with Crippen LogP contribution in [0.2, 0.25) is 0 Å². The molecule has 1 aromatic rings. The fourth-order valence-corrected chi connectivity index (χ4v) is 1.39. The van der Waals surface area contributed by atoms with Gasteiger partial charge in [0.05, 0.1) is 12.6 Å². The van der Waals surface area contributed by atoms with Crippen LogP contribution in [-0.2, 0) is 4.74 Å². The van der Waals surface area contributed by atoms with E-state index in [9.17, 15) is 17.6 Å². The van der Waals surface area contributed by atoms with Gasteiger partial charge in [0, 0.05) is 12.4 Å². The monoisotopic (exact) mass is 281 g/mol. The molecule has 0 fully saturated rings. The van der Waals surface area contributed by atoms with Gasteiger partial charge in [-0.15, -0.1) is 0 Å². The Hall–Kier alpha value is -1.25. The Morgan fingerprint density at radius 3 is 2.63 bits per heavy atom. The largest absolute Gasteiger partial charge is 0.373 e. The summed E-state index contributed by atoms with van der Waals surface area (Å²) in [5.41, 5.74) is 3.85. The fraction of sp³-hybridized carbons (Fsp3) is 0.545. The number of nitrogens with one attached hydrogen (secondary N) is 1. The van der Waals surface area contributed by atoms with E-state index in [0.29, 0.717) is 5.56 Å². The number of nitrogens with two attached hydrogens (primary N) is 1. The number of pyridine rings is 1. The number of hydrazine groups is 1. The van der Waals surface area contributed by atoms with Crippen molar-refractivity contribution >= 4 is 0 Å². The van der Waals surface area contributed by atoms with Crippen molar-refractivity contribution in [2.75, 3.05) is 13.2 Å². The molecule has 1 atom stereocenters. The number of aryl methyl sites for hydroxylation is 1. The lowest BCUT2D eigenvalue weighted by Crippen LogP contribution is -2.36. The first kappa shape index (κ1) is 15.8. The van der Waals surface area contributed by atoms with Crippen LogP contribution in [0.25, 0.3) is 0 Å². The van der Waals surface area contributed by atoms with Gasteiger partial charge in [0.2, 0.25) is 0 Å². The topological polar surface area (TPSA) is 60.2 Å². The molecule has 0 aromatic carbocycles. The van der Waals surface area contributed by atoms with Crippen LogP contribution >= 0.6 is 0 Å². The summed E-state index contributed by atoms with van der Waals surface area (Å²) in [5, 5.41) is 0. The van der Waals surface area contributed by atoms with E-state index in [1.54, 1.807) is 19.2 Å². The van der Waals surface area contributed by atoms with Crippen LogP contribution in [0.4, 0.5) is 17.6 Å². The number of alkyl halides is 4. The van der Waals surface area contributed by atoms with Gasteiger partial charge in [-0.25, -0.2) is 8.78 Å². The first-order valence-corrected chi connectivity index (χ1v) is 5.48. The summed E-state index contributed by atoms with van der Waals surface area (Å²) in [7, 11) is 0. The van der Waals surface area contributed by atoms with Gasteiger partial charge >= 0.3 is 12.3 Å². The van der Waals surface area contributed by atoms with E-state index in [1.165, 1.54) is 6.20 Å². The molecule has 0 saturated carbocycles. The maximum absolute atomic E-state index is 12.6. The zero-order valence-corrected chi connectivity index (χ0v) is 10.2. The molecular weight excluding hydrogens is 266 g/mol. The zero-order chi connectivity index (χ0) is 14.5. The standard InChI is InChI=1S/C11H15F4N3O/c1-7-2-8(4-17-3-7)9(18-16)5-19-6-11(14,15)10(12)13/h2-4,9-10,18H,5-6,16H2,1H3. The highest BCUT2D eigenvalue weighted by Gasteiger charge is 2.41. The third kappa shape index (κ3) is 4.73. The molecule has 0 bridgehead atoms. The molecule has 19 heavy (non-hydrogen) atoms. The summed E-state index contributed by atoms with van der Waals surface area (Å²) in [5.74, 6) is 1.11. The molecule has 8 heteroatoms. The van der Waals surface area contributed by atoms with E-state index in [0.717, 1.165) is 5.56 Å². The van der Waals surface area contributed by atoms with Gasteiger partial charge in [-0.3, -0.25) is 16.3 Å². The highest BCUT2D eigenvalue weighted by molar-refractivity contribution is 5.20. The minimum Gasteiger partial charge on any atom is -0.373 e. The van der Waals surface area contributed by atoms with Crippen LogP contribution in [0.3, 0.4) is 0 Å². The third-order valence-corrected chi connectivity index (χ3v) is 2.40. The maximum Gasteiger partial charge on any atom is 0.330 e. The second kappa shape index (κ2) is 6.78. The maximum atomic E-state index is 12.6. The number of hydrogen-bond acceptors (Lipinski definition) is 4. The molecule has 0 aliphatic heterocycles. The third-order valence-electron chi connectivity index (χ3n) is 2.40. The summed E-state index contributed by atoms with van der Waals surface area (Å²) in [6.07, 6.45) is -0.646. The number of halogens is 4. The quantitative estimate of drug-likeness (QED) is 0.454. The van der Waals surface area contributed by atoms with Crippen molar-refractivity contribution in [2.45, 2.75) is 25.3 Å². The molecule has 1 rings (SSSR count). The lowest BCUT2D eigenvalue weighted by atomic mass is 10.1. The molecule has 0 amide bonds. The summed E-state index contributed by atoms with van der Waals surface area (Å²) in [6.45, 7) is 0.182. The Morgan fingerprint density at radius 1 is 1.42 bits per heavy atom. The molecule has 0 radical (unpaired) electrons. The summed E-state index contributed by atoms with van der Waals surface area (Å²) < 4.78 is 53.7. The molecule has 1 heterocycles. The Kier molecular flexibility index (Phi) is 5.64. The van der Waals surface area contributed by atoms with E-state index < -0.39 is 25.0 Å². The smallest absolute Gasteiger partial charge is 0.330 e. The normalized spacial score (nSPS) is 13.8. The average molecular weight is 281 g/mol. The SMILES string of the molecule is Cc1cncc(C(COCC(F)(F)C(F)F)NN)c1. The molecular formula is C11H15F4N3O. The number of hydrogen-bond donors (Lipinski definition) is 2. The zero-order valence-electron chi connectivity index (χ0n) is 10.2. The van der Waals surface area contributed by atoms with Crippen LogP contribution in [0.1, 0.15) is 17.2 Å². The molecule has 0 saturated heterocycles. The molecule has 0 spiro atoms. The van der Waals surface area contributed by atoms with E-state index in [4.69, 9.17) is 5.84 Å². The highest BCUT2D eigenvalue weighted by atomic mass is 19.3. The molecule has 3 N–H and O–H groups in total. The Labute approximate surface area is 107 Å². The van der Waals surface area contributed by atoms with E-state index in [-0.39, 0.29) is 6.61 Å². The minimum atomic E-state index is -4.16. The Balaban J connectivity index is 2.55. The van der Waals surface area contributed by atoms with Crippen LogP contribution in [0, 0.1) is 6.92 Å². The van der Waals surface area contributed by atoms with Gasteiger partial charge in [-0.1, -0.05) is 6.07 Å². The predicted molar refractivity (Wildman–Crippen MR) is 60.8 cm³/mol. The van der Waals surface area contributed by atoms with Crippen molar-refractivity contribution < 1.29 is 22.3 Å². The molecule has 1 aromatic heterocycles. The summed E-state index contributed by atoms with van der Waals surface area (Å²) in [6, 6.07) is 1.15. The van der Waals surface area contributed by atoms with E-state index >= 15 is 0 Å². The van der Waals surface area contributed by atoms with Crippen LogP contribution in [0.5, 0.6) is 0 Å². The summed E-state index contributed by atoms with van der Waals surface area (Å²) >= 11 is 0. The molecule has 0 aliphatic carbocycles. The molecule has 108 valence electrons. The van der Waals surface area contributed by atoms with Crippen molar-refractivity contribution in [1.29, 1.82) is 0 Å². The van der Waals surface area contributed by atoms with Gasteiger partial charge in [-0.05, 0) is 18.1 Å². The predicted octanol–water partition coefficient (Wildman–Crippen LogP) is 1.81. The minimum absolute atomic E-state index is 0.260. The van der Waals surface area contributed by atoms with Crippen molar-refractivity contribution in [3.63, 3.8) is 0 Å². The van der Waals surface area contributed by atoms with E-state index in [2.05, 4.69) is 15.1 Å². The van der Waals surface area contributed by atoms with Crippen molar-refractivity contribution in [1.82, 2.24) is 10.4 Å². The van der Waals surface area contributed by atoms with Gasteiger partial charge in [-0.2, -0.15) is 8.78 Å². The lowest BCUT2D eigenvalue weighted by molar-refractivity contribution is -0.167. The Morgan fingerprint density at radius 2 is 2.11 bits per heavy atom. The van der Waals surface area contributed by atoms with Gasteiger partial charge in [0.1, 0.15) is 6.61 Å². The first-order valence-electron chi connectivity index (χ1n) is 5.48. The highest BCUT2D eigenvalue weighted by Crippen LogP contribution is 2.23. The van der Waals surface area contributed by atoms with Crippen LogP contribution in [0.15, 0.2) is 18.5 Å². The number of rotatable bonds is 7. The lowest BCUT2D eigenvalue weighted by Gasteiger charge is -2.19. The Bertz CT molecular complexity index is 403. The van der Waals surface area contributed by atoms with Crippen LogP contribution < -0.4 is 11.3 Å². The molecule has 4 nitrogen and oxygen atoms in total. The van der Waals surface area contributed by atoms with Crippen molar-refractivity contribution in [3.05, 3.63) is 29.6 Å². The first-order chi connectivity index (χ1) is 8.86. The van der Waals surface area contributed by atoms with Gasteiger partial charge in [0.25, 0.3) is 0 Å². The van der Waals surface area contributed by atoms with Crippen molar-refractivity contribution in [3.8, 4) is 0 Å². The van der Waals surface area contributed by atoms with Gasteiger partial charge < -0.3 is 4.74 Å².